The summed E-state index contributed by atoms with van der Waals surface area (Å²) in [6.07, 6.45) is 11.4. The summed E-state index contributed by atoms with van der Waals surface area (Å²) in [6, 6.07) is 1.71. The van der Waals surface area contributed by atoms with Gasteiger partial charge in [0.25, 0.3) is 0 Å². The summed E-state index contributed by atoms with van der Waals surface area (Å²) < 4.78 is 0. The van der Waals surface area contributed by atoms with Gasteiger partial charge < -0.3 is 5.32 Å². The van der Waals surface area contributed by atoms with E-state index in [4.69, 9.17) is 0 Å². The molecule has 2 heteroatoms. The van der Waals surface area contributed by atoms with Crippen LogP contribution in [0.2, 0.25) is 0 Å². The molecule has 1 aliphatic heterocycles. The van der Waals surface area contributed by atoms with Crippen LogP contribution >= 0.6 is 0 Å². The Balaban J connectivity index is 1.92. The van der Waals surface area contributed by atoms with Crippen LogP contribution in [-0.2, 0) is 0 Å². The predicted octanol–water partition coefficient (Wildman–Crippen LogP) is 3.42. The largest absolute Gasteiger partial charge is 0.315 e. The summed E-state index contributed by atoms with van der Waals surface area (Å²) in [6.45, 7) is 8.48. The molecule has 1 saturated carbocycles. The monoisotopic (exact) mass is 252 g/mol. The van der Waals surface area contributed by atoms with Gasteiger partial charge in [-0.3, -0.25) is 4.90 Å². The molecule has 2 rings (SSSR count). The molecule has 2 fully saturated rings. The van der Waals surface area contributed by atoms with Crippen molar-refractivity contribution in [3.63, 3.8) is 0 Å². The first kappa shape index (κ1) is 14.3. The molecule has 18 heavy (non-hydrogen) atoms. The second-order valence-corrected chi connectivity index (χ2v) is 6.32. The van der Waals surface area contributed by atoms with E-state index < -0.39 is 0 Å². The standard InChI is InChI=1S/C16H32N2/c1-3-12-18(16-10-11-17-13-16)15-7-5-6-14(4-2)8-9-15/h14-17H,3-13H2,1-2H3. The average Bonchev–Trinajstić information content (AvgIpc) is 2.81. The fourth-order valence-corrected chi connectivity index (χ4v) is 3.94. The van der Waals surface area contributed by atoms with Gasteiger partial charge in [0.15, 0.2) is 0 Å². The minimum absolute atomic E-state index is 0.827. The van der Waals surface area contributed by atoms with E-state index in [0.29, 0.717) is 0 Å². The highest BCUT2D eigenvalue weighted by Gasteiger charge is 2.29. The molecule has 0 bridgehead atoms. The van der Waals surface area contributed by atoms with Crippen LogP contribution in [0.1, 0.15) is 65.2 Å². The van der Waals surface area contributed by atoms with Crippen LogP contribution in [0.5, 0.6) is 0 Å². The molecule has 0 radical (unpaired) electrons. The van der Waals surface area contributed by atoms with Gasteiger partial charge in [-0.25, -0.2) is 0 Å². The highest BCUT2D eigenvalue weighted by Crippen LogP contribution is 2.29. The molecule has 2 nitrogen and oxygen atoms in total. The van der Waals surface area contributed by atoms with E-state index in [1.165, 1.54) is 71.0 Å². The molecule has 1 saturated heterocycles. The zero-order chi connectivity index (χ0) is 12.8. The molecular formula is C16H32N2. The topological polar surface area (TPSA) is 15.3 Å². The van der Waals surface area contributed by atoms with E-state index in [-0.39, 0.29) is 0 Å². The Morgan fingerprint density at radius 1 is 1.00 bits per heavy atom. The van der Waals surface area contributed by atoms with Crippen molar-refractivity contribution in [2.75, 3.05) is 19.6 Å². The third-order valence-electron chi connectivity index (χ3n) is 5.09. The Hall–Kier alpha value is -0.0800. The Bertz CT molecular complexity index is 223. The highest BCUT2D eigenvalue weighted by molar-refractivity contribution is 4.86. The van der Waals surface area contributed by atoms with Crippen molar-refractivity contribution in [1.29, 1.82) is 0 Å². The molecule has 0 aromatic carbocycles. The fourth-order valence-electron chi connectivity index (χ4n) is 3.94. The molecule has 0 aromatic rings. The van der Waals surface area contributed by atoms with Crippen LogP contribution in [0, 0.1) is 5.92 Å². The number of rotatable bonds is 5. The summed E-state index contributed by atoms with van der Waals surface area (Å²) in [5.41, 5.74) is 0. The zero-order valence-electron chi connectivity index (χ0n) is 12.5. The predicted molar refractivity (Wildman–Crippen MR) is 78.9 cm³/mol. The molecule has 1 N–H and O–H groups in total. The van der Waals surface area contributed by atoms with Crippen LogP contribution in [-0.4, -0.2) is 36.6 Å². The molecule has 0 amide bonds. The van der Waals surface area contributed by atoms with E-state index in [0.717, 1.165) is 18.0 Å². The third kappa shape index (κ3) is 3.71. The molecule has 0 spiro atoms. The second kappa shape index (κ2) is 7.49. The average molecular weight is 252 g/mol. The van der Waals surface area contributed by atoms with Gasteiger partial charge >= 0.3 is 0 Å². The van der Waals surface area contributed by atoms with Gasteiger partial charge in [-0.1, -0.05) is 33.1 Å². The van der Waals surface area contributed by atoms with Gasteiger partial charge in [0.1, 0.15) is 0 Å². The van der Waals surface area contributed by atoms with Crippen molar-refractivity contribution in [3.8, 4) is 0 Å². The van der Waals surface area contributed by atoms with Gasteiger partial charge in [0.05, 0.1) is 0 Å². The van der Waals surface area contributed by atoms with Gasteiger partial charge in [0.2, 0.25) is 0 Å². The summed E-state index contributed by atoms with van der Waals surface area (Å²) in [5.74, 6) is 1.01. The van der Waals surface area contributed by atoms with Crippen molar-refractivity contribution >= 4 is 0 Å². The Morgan fingerprint density at radius 3 is 2.56 bits per heavy atom. The third-order valence-corrected chi connectivity index (χ3v) is 5.09. The Morgan fingerprint density at radius 2 is 1.89 bits per heavy atom. The molecule has 106 valence electrons. The van der Waals surface area contributed by atoms with Crippen LogP contribution in [0.3, 0.4) is 0 Å². The number of nitrogens with one attached hydrogen (secondary N) is 1. The molecule has 0 aromatic heterocycles. The van der Waals surface area contributed by atoms with Crippen LogP contribution in [0.15, 0.2) is 0 Å². The normalized spacial score (nSPS) is 33.8. The lowest BCUT2D eigenvalue weighted by molar-refractivity contribution is 0.128. The van der Waals surface area contributed by atoms with Crippen molar-refractivity contribution < 1.29 is 0 Å². The lowest BCUT2D eigenvalue weighted by atomic mass is 9.97. The van der Waals surface area contributed by atoms with E-state index in [1.807, 2.05) is 0 Å². The molecule has 1 heterocycles. The van der Waals surface area contributed by atoms with Crippen LogP contribution in [0.25, 0.3) is 0 Å². The minimum Gasteiger partial charge on any atom is -0.315 e. The van der Waals surface area contributed by atoms with E-state index in [2.05, 4.69) is 24.1 Å². The molecular weight excluding hydrogens is 220 g/mol. The zero-order valence-corrected chi connectivity index (χ0v) is 12.5. The molecule has 3 unspecified atom stereocenters. The minimum atomic E-state index is 0.827. The molecule has 3 atom stereocenters. The number of nitrogens with zero attached hydrogens (tertiary/aromatic N) is 1. The lowest BCUT2D eigenvalue weighted by Crippen LogP contribution is -2.44. The van der Waals surface area contributed by atoms with Crippen LogP contribution < -0.4 is 5.32 Å². The van der Waals surface area contributed by atoms with Crippen molar-refractivity contribution in [2.24, 2.45) is 5.92 Å². The number of hydrogen-bond donors (Lipinski definition) is 1. The quantitative estimate of drug-likeness (QED) is 0.754. The first-order valence-electron chi connectivity index (χ1n) is 8.31. The Labute approximate surface area is 114 Å². The van der Waals surface area contributed by atoms with Crippen molar-refractivity contribution in [2.45, 2.75) is 77.3 Å². The second-order valence-electron chi connectivity index (χ2n) is 6.32. The van der Waals surface area contributed by atoms with Crippen molar-refractivity contribution in [3.05, 3.63) is 0 Å². The van der Waals surface area contributed by atoms with Gasteiger partial charge in [-0.2, -0.15) is 0 Å². The fraction of sp³-hybridized carbons (Fsp3) is 1.00. The van der Waals surface area contributed by atoms with Gasteiger partial charge in [-0.15, -0.1) is 0 Å². The first-order valence-corrected chi connectivity index (χ1v) is 8.31. The summed E-state index contributed by atoms with van der Waals surface area (Å²) in [4.78, 5) is 2.86. The highest BCUT2D eigenvalue weighted by atomic mass is 15.2. The maximum atomic E-state index is 3.54. The summed E-state index contributed by atoms with van der Waals surface area (Å²) in [5, 5.41) is 3.54. The lowest BCUT2D eigenvalue weighted by Gasteiger charge is -2.35. The molecule has 2 aliphatic rings. The first-order chi connectivity index (χ1) is 8.85. The summed E-state index contributed by atoms with van der Waals surface area (Å²) >= 11 is 0. The smallest absolute Gasteiger partial charge is 0.0235 e. The SMILES string of the molecule is CCCN(C1CCCC(CC)CC1)C1CCNC1. The van der Waals surface area contributed by atoms with Gasteiger partial charge in [0, 0.05) is 18.6 Å². The summed E-state index contributed by atoms with van der Waals surface area (Å²) in [7, 11) is 0. The maximum absolute atomic E-state index is 3.54. The number of hydrogen-bond acceptors (Lipinski definition) is 2. The van der Waals surface area contributed by atoms with E-state index in [9.17, 15) is 0 Å². The van der Waals surface area contributed by atoms with Crippen LogP contribution in [0.4, 0.5) is 0 Å². The maximum Gasteiger partial charge on any atom is 0.0235 e. The molecule has 1 aliphatic carbocycles. The van der Waals surface area contributed by atoms with Crippen molar-refractivity contribution in [1.82, 2.24) is 10.2 Å². The van der Waals surface area contributed by atoms with Gasteiger partial charge in [-0.05, 0) is 51.1 Å². The Kier molecular flexibility index (Phi) is 5.97. The van der Waals surface area contributed by atoms with E-state index in [1.54, 1.807) is 0 Å². The van der Waals surface area contributed by atoms with E-state index >= 15 is 0 Å².